The number of aromatic amines is 1. The van der Waals surface area contributed by atoms with Crippen LogP contribution in [-0.4, -0.2) is 44.2 Å². The van der Waals surface area contributed by atoms with Crippen molar-refractivity contribution in [1.29, 1.82) is 0 Å². The number of rotatable bonds is 2. The molecule has 0 radical (unpaired) electrons. The van der Waals surface area contributed by atoms with Crippen LogP contribution in [0.2, 0.25) is 0 Å². The second-order valence-corrected chi connectivity index (χ2v) is 4.32. The van der Waals surface area contributed by atoms with Crippen LogP contribution in [0.5, 0.6) is 0 Å². The lowest BCUT2D eigenvalue weighted by Crippen LogP contribution is -2.43. The molecule has 0 spiro atoms. The Morgan fingerprint density at radius 3 is 2.78 bits per heavy atom. The number of hydrogen-bond donors (Lipinski definition) is 3. The average molecular weight is 260 g/mol. The zero-order chi connectivity index (χ0) is 13.5. The predicted octanol–water partition coefficient (Wildman–Crippen LogP) is -1.48. The SMILES string of the molecule is C[C@]1(F)[C@@H](O)[C@@H](CO)O[C@H]1n1ccc(=O)[nH]c1=O. The minimum absolute atomic E-state index is 0.574. The van der Waals surface area contributed by atoms with E-state index in [0.717, 1.165) is 23.8 Å². The number of aromatic nitrogens is 2. The topological polar surface area (TPSA) is 105 Å². The summed E-state index contributed by atoms with van der Waals surface area (Å²) in [5, 5.41) is 18.6. The zero-order valence-electron chi connectivity index (χ0n) is 9.54. The smallest absolute Gasteiger partial charge is 0.330 e. The van der Waals surface area contributed by atoms with Gasteiger partial charge in [0.15, 0.2) is 11.9 Å². The van der Waals surface area contributed by atoms with E-state index in [4.69, 9.17) is 9.84 Å². The number of aliphatic hydroxyl groups excluding tert-OH is 2. The van der Waals surface area contributed by atoms with Crippen molar-refractivity contribution in [2.45, 2.75) is 31.0 Å². The van der Waals surface area contributed by atoms with Crippen LogP contribution >= 0.6 is 0 Å². The van der Waals surface area contributed by atoms with Gasteiger partial charge in [-0.15, -0.1) is 0 Å². The second-order valence-electron chi connectivity index (χ2n) is 4.32. The minimum Gasteiger partial charge on any atom is -0.394 e. The third kappa shape index (κ3) is 1.88. The van der Waals surface area contributed by atoms with Gasteiger partial charge in [-0.1, -0.05) is 0 Å². The molecule has 2 rings (SSSR count). The molecule has 4 atom stereocenters. The quantitative estimate of drug-likeness (QED) is 0.601. The van der Waals surface area contributed by atoms with Gasteiger partial charge in [0.25, 0.3) is 5.56 Å². The molecule has 18 heavy (non-hydrogen) atoms. The molecule has 100 valence electrons. The summed E-state index contributed by atoms with van der Waals surface area (Å²) < 4.78 is 20.3. The van der Waals surface area contributed by atoms with E-state index < -0.39 is 42.0 Å². The molecule has 2 heterocycles. The molecule has 1 aromatic rings. The maximum Gasteiger partial charge on any atom is 0.330 e. The fourth-order valence-corrected chi connectivity index (χ4v) is 1.97. The maximum atomic E-state index is 14.3. The van der Waals surface area contributed by atoms with Gasteiger partial charge in [0.2, 0.25) is 0 Å². The Kier molecular flexibility index (Phi) is 3.09. The number of aliphatic hydroxyl groups is 2. The summed E-state index contributed by atoms with van der Waals surface area (Å²) in [4.78, 5) is 24.4. The Hall–Kier alpha value is -1.51. The third-order valence-electron chi connectivity index (χ3n) is 3.00. The Bertz CT molecular complexity index is 552. The summed E-state index contributed by atoms with van der Waals surface area (Å²) in [5.74, 6) is 0. The first-order chi connectivity index (χ1) is 8.37. The molecule has 1 aromatic heterocycles. The monoisotopic (exact) mass is 260 g/mol. The summed E-state index contributed by atoms with van der Waals surface area (Å²) in [5.41, 5.74) is -3.72. The highest BCUT2D eigenvalue weighted by atomic mass is 19.1. The van der Waals surface area contributed by atoms with Gasteiger partial charge in [-0.3, -0.25) is 14.3 Å². The largest absolute Gasteiger partial charge is 0.394 e. The Morgan fingerprint density at radius 2 is 2.28 bits per heavy atom. The number of alkyl halides is 1. The van der Waals surface area contributed by atoms with E-state index in [-0.39, 0.29) is 0 Å². The third-order valence-corrected chi connectivity index (χ3v) is 3.00. The van der Waals surface area contributed by atoms with Gasteiger partial charge in [0.05, 0.1) is 6.61 Å². The number of nitrogens with zero attached hydrogens (tertiary/aromatic N) is 1. The molecule has 7 nitrogen and oxygen atoms in total. The van der Waals surface area contributed by atoms with Crippen molar-refractivity contribution in [2.75, 3.05) is 6.61 Å². The van der Waals surface area contributed by atoms with Gasteiger partial charge in [0.1, 0.15) is 12.2 Å². The van der Waals surface area contributed by atoms with Crippen LogP contribution in [0.25, 0.3) is 0 Å². The molecule has 0 amide bonds. The standard InChI is InChI=1S/C10H13FN2O5/c1-10(11)7(16)5(4-14)18-8(10)13-3-2-6(15)12-9(13)17/h2-3,5,7-8,14,16H,4H2,1H3,(H,12,15,17)/t5-,7+,8-,10+/m1/s1. The van der Waals surface area contributed by atoms with E-state index in [1.54, 1.807) is 0 Å². The lowest BCUT2D eigenvalue weighted by atomic mass is 9.98. The van der Waals surface area contributed by atoms with Crippen LogP contribution in [0.15, 0.2) is 21.9 Å². The number of nitrogens with one attached hydrogen (secondary N) is 1. The van der Waals surface area contributed by atoms with E-state index in [1.807, 2.05) is 4.98 Å². The zero-order valence-corrected chi connectivity index (χ0v) is 9.54. The molecule has 0 bridgehead atoms. The first-order valence-corrected chi connectivity index (χ1v) is 5.32. The molecular formula is C10H13FN2O5. The molecule has 1 saturated heterocycles. The minimum atomic E-state index is -2.25. The summed E-state index contributed by atoms with van der Waals surface area (Å²) in [6.45, 7) is 0.491. The average Bonchev–Trinajstić information content (AvgIpc) is 2.52. The van der Waals surface area contributed by atoms with Crippen molar-refractivity contribution < 1.29 is 19.3 Å². The van der Waals surface area contributed by atoms with Gasteiger partial charge < -0.3 is 14.9 Å². The summed E-state index contributed by atoms with van der Waals surface area (Å²) in [7, 11) is 0. The lowest BCUT2D eigenvalue weighted by Gasteiger charge is -2.24. The van der Waals surface area contributed by atoms with Crippen LogP contribution in [0.4, 0.5) is 4.39 Å². The predicted molar refractivity (Wildman–Crippen MR) is 57.8 cm³/mol. The Balaban J connectivity index is 2.45. The second kappa shape index (κ2) is 4.30. The van der Waals surface area contributed by atoms with Crippen molar-refractivity contribution in [3.63, 3.8) is 0 Å². The summed E-state index contributed by atoms with van der Waals surface area (Å²) in [6.07, 6.45) is -3.01. The van der Waals surface area contributed by atoms with Gasteiger partial charge in [-0.05, 0) is 6.92 Å². The Morgan fingerprint density at radius 1 is 1.61 bits per heavy atom. The van der Waals surface area contributed by atoms with E-state index in [9.17, 15) is 19.1 Å². The number of hydrogen-bond acceptors (Lipinski definition) is 5. The van der Waals surface area contributed by atoms with Gasteiger partial charge in [-0.2, -0.15) is 0 Å². The maximum absolute atomic E-state index is 14.3. The molecule has 8 heteroatoms. The molecule has 1 aliphatic heterocycles. The molecule has 1 fully saturated rings. The van der Waals surface area contributed by atoms with Crippen molar-refractivity contribution >= 4 is 0 Å². The van der Waals surface area contributed by atoms with Gasteiger partial charge >= 0.3 is 5.69 Å². The summed E-state index contributed by atoms with van der Waals surface area (Å²) >= 11 is 0. The van der Waals surface area contributed by atoms with Crippen LogP contribution in [0, 0.1) is 0 Å². The fourth-order valence-electron chi connectivity index (χ4n) is 1.97. The van der Waals surface area contributed by atoms with Crippen LogP contribution in [-0.2, 0) is 4.74 Å². The highest BCUT2D eigenvalue weighted by Gasteiger charge is 2.54. The van der Waals surface area contributed by atoms with Gasteiger partial charge in [0, 0.05) is 12.3 Å². The molecule has 3 N–H and O–H groups in total. The molecule has 0 aliphatic carbocycles. The number of ether oxygens (including phenoxy) is 1. The Labute approximate surface area is 100 Å². The van der Waals surface area contributed by atoms with E-state index in [0.29, 0.717) is 0 Å². The molecule has 0 unspecified atom stereocenters. The van der Waals surface area contributed by atoms with Crippen molar-refractivity contribution in [3.8, 4) is 0 Å². The highest BCUT2D eigenvalue weighted by molar-refractivity contribution is 5.01. The van der Waals surface area contributed by atoms with Crippen molar-refractivity contribution in [3.05, 3.63) is 33.1 Å². The molecule has 1 aliphatic rings. The molecule has 0 saturated carbocycles. The van der Waals surface area contributed by atoms with Crippen LogP contribution in [0.1, 0.15) is 13.2 Å². The van der Waals surface area contributed by atoms with Crippen molar-refractivity contribution in [1.82, 2.24) is 9.55 Å². The number of H-pyrrole nitrogens is 1. The van der Waals surface area contributed by atoms with Crippen LogP contribution < -0.4 is 11.2 Å². The fraction of sp³-hybridized carbons (Fsp3) is 0.600. The number of halogens is 1. The van der Waals surface area contributed by atoms with Crippen molar-refractivity contribution in [2.24, 2.45) is 0 Å². The normalized spacial score (nSPS) is 35.9. The van der Waals surface area contributed by atoms with Gasteiger partial charge in [-0.25, -0.2) is 9.18 Å². The van der Waals surface area contributed by atoms with Crippen LogP contribution in [0.3, 0.4) is 0 Å². The first kappa shape index (κ1) is 12.9. The first-order valence-electron chi connectivity index (χ1n) is 5.32. The molecular weight excluding hydrogens is 247 g/mol. The van der Waals surface area contributed by atoms with E-state index in [1.165, 1.54) is 0 Å². The molecule has 0 aromatic carbocycles. The highest BCUT2D eigenvalue weighted by Crippen LogP contribution is 2.40. The lowest BCUT2D eigenvalue weighted by molar-refractivity contribution is -0.0611. The van der Waals surface area contributed by atoms with E-state index in [2.05, 4.69) is 0 Å². The summed E-state index contributed by atoms with van der Waals surface area (Å²) in [6, 6.07) is 1.04. The van der Waals surface area contributed by atoms with E-state index >= 15 is 0 Å².